The van der Waals surface area contributed by atoms with Gasteiger partial charge in [0, 0.05) is 23.6 Å². The summed E-state index contributed by atoms with van der Waals surface area (Å²) >= 11 is 1.57. The zero-order valence-corrected chi connectivity index (χ0v) is 14.1. The van der Waals surface area contributed by atoms with Crippen molar-refractivity contribution in [1.29, 1.82) is 5.26 Å². The Hall–Kier alpha value is -2.22. The third-order valence-electron chi connectivity index (χ3n) is 3.87. The van der Waals surface area contributed by atoms with Crippen molar-refractivity contribution < 1.29 is 0 Å². The lowest BCUT2D eigenvalue weighted by Gasteiger charge is -2.19. The largest absolute Gasteiger partial charge is 0.361 e. The molecule has 2 aromatic carbocycles. The number of nitrogens with zero attached hydrogens (tertiary/aromatic N) is 2. The molecule has 0 radical (unpaired) electrons. The molecule has 3 nitrogen and oxygen atoms in total. The standard InChI is InChI=1S/C19H19N3S/c1-14-12-21-18-9-8-16(10-17(14)18)19(11-20)23-22(2)13-15-6-4-3-5-7-15/h3-10,12,19,21H,13H2,1-2H3. The van der Waals surface area contributed by atoms with E-state index in [0.29, 0.717) is 0 Å². The van der Waals surface area contributed by atoms with Gasteiger partial charge in [-0.2, -0.15) is 5.26 Å². The lowest BCUT2D eigenvalue weighted by atomic mass is 10.1. The third-order valence-corrected chi connectivity index (χ3v) is 4.94. The van der Waals surface area contributed by atoms with Gasteiger partial charge in [-0.25, -0.2) is 4.31 Å². The minimum absolute atomic E-state index is 0.206. The lowest BCUT2D eigenvalue weighted by molar-refractivity contribution is 0.562. The van der Waals surface area contributed by atoms with Gasteiger partial charge in [0.15, 0.2) is 0 Å². The van der Waals surface area contributed by atoms with Crippen molar-refractivity contribution in [2.24, 2.45) is 0 Å². The minimum Gasteiger partial charge on any atom is -0.361 e. The molecule has 0 aliphatic rings. The van der Waals surface area contributed by atoms with Crippen LogP contribution in [0.2, 0.25) is 0 Å². The Kier molecular flexibility index (Phi) is 4.71. The zero-order chi connectivity index (χ0) is 16.2. The number of aromatic amines is 1. The molecule has 116 valence electrons. The van der Waals surface area contributed by atoms with E-state index in [9.17, 15) is 5.26 Å². The summed E-state index contributed by atoms with van der Waals surface area (Å²) in [6.45, 7) is 2.90. The van der Waals surface area contributed by atoms with Gasteiger partial charge in [-0.15, -0.1) is 0 Å². The summed E-state index contributed by atoms with van der Waals surface area (Å²) < 4.78 is 2.12. The van der Waals surface area contributed by atoms with E-state index in [1.807, 2.05) is 37.5 Å². The normalized spacial score (nSPS) is 12.4. The van der Waals surface area contributed by atoms with Crippen LogP contribution in [0.3, 0.4) is 0 Å². The van der Waals surface area contributed by atoms with Gasteiger partial charge in [-0.3, -0.25) is 0 Å². The average molecular weight is 321 g/mol. The van der Waals surface area contributed by atoms with E-state index in [1.165, 1.54) is 16.5 Å². The molecule has 4 heteroatoms. The smallest absolute Gasteiger partial charge is 0.131 e. The summed E-state index contributed by atoms with van der Waals surface area (Å²) in [5.41, 5.74) is 4.62. The molecule has 0 spiro atoms. The van der Waals surface area contributed by atoms with Crippen LogP contribution in [-0.2, 0) is 6.54 Å². The summed E-state index contributed by atoms with van der Waals surface area (Å²) in [4.78, 5) is 3.25. The van der Waals surface area contributed by atoms with Gasteiger partial charge in [0.25, 0.3) is 0 Å². The van der Waals surface area contributed by atoms with Crippen molar-refractivity contribution in [3.05, 3.63) is 71.4 Å². The number of aryl methyl sites for hydroxylation is 1. The van der Waals surface area contributed by atoms with Crippen molar-refractivity contribution in [1.82, 2.24) is 9.29 Å². The molecular formula is C19H19N3S. The molecule has 0 aliphatic heterocycles. The van der Waals surface area contributed by atoms with Crippen molar-refractivity contribution in [2.45, 2.75) is 18.7 Å². The molecule has 3 rings (SSSR count). The number of aromatic nitrogens is 1. The first-order valence-corrected chi connectivity index (χ1v) is 8.40. The van der Waals surface area contributed by atoms with Crippen LogP contribution in [0.25, 0.3) is 10.9 Å². The number of nitrogens with one attached hydrogen (secondary N) is 1. The predicted octanol–water partition coefficient (Wildman–Crippen LogP) is 4.82. The Morgan fingerprint density at radius 1 is 1.22 bits per heavy atom. The Morgan fingerprint density at radius 3 is 2.74 bits per heavy atom. The fraction of sp³-hybridized carbons (Fsp3) is 0.211. The van der Waals surface area contributed by atoms with E-state index >= 15 is 0 Å². The van der Waals surface area contributed by atoms with Gasteiger partial charge in [0.2, 0.25) is 0 Å². The van der Waals surface area contributed by atoms with Crippen LogP contribution in [0.5, 0.6) is 0 Å². The molecule has 0 aliphatic carbocycles. The number of nitriles is 1. The second-order valence-corrected chi connectivity index (χ2v) is 6.97. The third kappa shape index (κ3) is 3.58. The molecule has 1 heterocycles. The SMILES string of the molecule is Cc1c[nH]c2ccc(C(C#N)SN(C)Cc3ccccc3)cc12. The van der Waals surface area contributed by atoms with Gasteiger partial charge in [-0.05, 0) is 42.8 Å². The number of fused-ring (bicyclic) bond motifs is 1. The van der Waals surface area contributed by atoms with Crippen molar-refractivity contribution in [3.8, 4) is 6.07 Å². The van der Waals surface area contributed by atoms with E-state index in [-0.39, 0.29) is 5.25 Å². The van der Waals surface area contributed by atoms with E-state index in [2.05, 4.69) is 46.5 Å². The maximum absolute atomic E-state index is 9.58. The first-order valence-electron chi connectivity index (χ1n) is 7.56. The van der Waals surface area contributed by atoms with Crippen LogP contribution < -0.4 is 0 Å². The van der Waals surface area contributed by atoms with Gasteiger partial charge < -0.3 is 4.98 Å². The maximum atomic E-state index is 9.58. The second-order valence-electron chi connectivity index (χ2n) is 5.66. The van der Waals surface area contributed by atoms with Crippen LogP contribution in [0.4, 0.5) is 0 Å². The maximum Gasteiger partial charge on any atom is 0.131 e. The highest BCUT2D eigenvalue weighted by Crippen LogP contribution is 2.33. The van der Waals surface area contributed by atoms with Gasteiger partial charge >= 0.3 is 0 Å². The van der Waals surface area contributed by atoms with Crippen molar-refractivity contribution >= 4 is 22.9 Å². The summed E-state index contributed by atoms with van der Waals surface area (Å²) in [5.74, 6) is 0. The summed E-state index contributed by atoms with van der Waals surface area (Å²) in [7, 11) is 2.03. The van der Waals surface area contributed by atoms with Crippen molar-refractivity contribution in [3.63, 3.8) is 0 Å². The molecular weight excluding hydrogens is 302 g/mol. The monoisotopic (exact) mass is 321 g/mol. The van der Waals surface area contributed by atoms with Gasteiger partial charge in [0.05, 0.1) is 6.07 Å². The number of hydrogen-bond donors (Lipinski definition) is 1. The fourth-order valence-electron chi connectivity index (χ4n) is 2.66. The second kappa shape index (κ2) is 6.91. The van der Waals surface area contributed by atoms with Crippen molar-refractivity contribution in [2.75, 3.05) is 7.05 Å². The summed E-state index contributed by atoms with van der Waals surface area (Å²) in [5, 5.41) is 10.6. The number of H-pyrrole nitrogens is 1. The van der Waals surface area contributed by atoms with E-state index in [4.69, 9.17) is 0 Å². The highest BCUT2D eigenvalue weighted by atomic mass is 32.2. The Balaban J connectivity index is 1.76. The van der Waals surface area contributed by atoms with E-state index in [0.717, 1.165) is 17.6 Å². The first-order chi connectivity index (χ1) is 11.2. The molecule has 1 atom stereocenters. The zero-order valence-electron chi connectivity index (χ0n) is 13.3. The molecule has 1 N–H and O–H groups in total. The number of rotatable bonds is 5. The Bertz CT molecular complexity index is 833. The quantitative estimate of drug-likeness (QED) is 0.685. The summed E-state index contributed by atoms with van der Waals surface area (Å²) in [6.07, 6.45) is 2.00. The molecule has 1 aromatic heterocycles. The predicted molar refractivity (Wildman–Crippen MR) is 96.9 cm³/mol. The molecule has 0 amide bonds. The molecule has 0 fully saturated rings. The number of benzene rings is 2. The molecule has 23 heavy (non-hydrogen) atoms. The Labute approximate surface area is 141 Å². The number of hydrogen-bond acceptors (Lipinski definition) is 3. The van der Waals surface area contributed by atoms with Gasteiger partial charge in [0.1, 0.15) is 5.25 Å². The van der Waals surface area contributed by atoms with Crippen LogP contribution in [0.1, 0.15) is 21.9 Å². The molecule has 3 aromatic rings. The van der Waals surface area contributed by atoms with Crippen LogP contribution >= 0.6 is 11.9 Å². The molecule has 1 unspecified atom stereocenters. The Morgan fingerprint density at radius 2 is 2.00 bits per heavy atom. The fourth-order valence-corrected chi connectivity index (χ4v) is 3.56. The van der Waals surface area contributed by atoms with Crippen LogP contribution in [-0.4, -0.2) is 16.3 Å². The van der Waals surface area contributed by atoms with E-state index in [1.54, 1.807) is 11.9 Å². The van der Waals surface area contributed by atoms with Gasteiger partial charge in [-0.1, -0.05) is 48.3 Å². The molecule has 0 bridgehead atoms. The van der Waals surface area contributed by atoms with Crippen LogP contribution in [0, 0.1) is 18.3 Å². The van der Waals surface area contributed by atoms with E-state index < -0.39 is 0 Å². The topological polar surface area (TPSA) is 42.8 Å². The highest BCUT2D eigenvalue weighted by molar-refractivity contribution is 7.97. The molecule has 0 saturated heterocycles. The highest BCUT2D eigenvalue weighted by Gasteiger charge is 2.16. The molecule has 0 saturated carbocycles. The summed E-state index contributed by atoms with van der Waals surface area (Å²) in [6, 6.07) is 18.9. The minimum atomic E-state index is -0.206. The van der Waals surface area contributed by atoms with Crippen LogP contribution in [0.15, 0.2) is 54.7 Å². The average Bonchev–Trinajstić information content (AvgIpc) is 2.94. The first kappa shape index (κ1) is 15.7. The lowest BCUT2D eigenvalue weighted by Crippen LogP contribution is -2.11.